The third kappa shape index (κ3) is 3.24. The predicted molar refractivity (Wildman–Crippen MR) is 84.9 cm³/mol. The van der Waals surface area contributed by atoms with Gasteiger partial charge in [-0.15, -0.1) is 0 Å². The molecule has 1 N–H and O–H groups in total. The Hall–Kier alpha value is -0.860. The molecule has 1 atom stereocenters. The summed E-state index contributed by atoms with van der Waals surface area (Å²) < 4.78 is 0. The molecule has 2 heterocycles. The highest BCUT2D eigenvalue weighted by Gasteiger charge is 2.28. The molecule has 0 aromatic heterocycles. The Kier molecular flexibility index (Phi) is 4.42. The largest absolute Gasteiger partial charge is 0.314 e. The molecule has 0 spiro atoms. The van der Waals surface area contributed by atoms with Gasteiger partial charge in [0.15, 0.2) is 0 Å². The maximum absolute atomic E-state index is 3.69. The average molecular weight is 272 g/mol. The van der Waals surface area contributed by atoms with Crippen LogP contribution in [0.2, 0.25) is 0 Å². The van der Waals surface area contributed by atoms with Crippen LogP contribution < -0.4 is 5.32 Å². The molecule has 0 amide bonds. The second-order valence-electron chi connectivity index (χ2n) is 6.75. The van der Waals surface area contributed by atoms with Gasteiger partial charge in [0.25, 0.3) is 0 Å². The van der Waals surface area contributed by atoms with Crippen molar-refractivity contribution in [2.75, 3.05) is 19.6 Å². The third-order valence-electron chi connectivity index (χ3n) is 5.20. The fourth-order valence-corrected chi connectivity index (χ4v) is 3.84. The second-order valence-corrected chi connectivity index (χ2v) is 6.75. The number of nitrogens with zero attached hydrogens (tertiary/aromatic N) is 1. The highest BCUT2D eigenvalue weighted by Crippen LogP contribution is 2.26. The van der Waals surface area contributed by atoms with Gasteiger partial charge in [0.05, 0.1) is 0 Å². The van der Waals surface area contributed by atoms with E-state index in [1.807, 2.05) is 0 Å². The van der Waals surface area contributed by atoms with Crippen molar-refractivity contribution in [1.82, 2.24) is 10.2 Å². The molecule has 2 aliphatic heterocycles. The van der Waals surface area contributed by atoms with Crippen LogP contribution in [0.4, 0.5) is 0 Å². The van der Waals surface area contributed by atoms with E-state index in [4.69, 9.17) is 0 Å². The summed E-state index contributed by atoms with van der Waals surface area (Å²) in [4.78, 5) is 2.65. The van der Waals surface area contributed by atoms with E-state index in [1.54, 1.807) is 0 Å². The monoisotopic (exact) mass is 272 g/mol. The van der Waals surface area contributed by atoms with Crippen LogP contribution >= 0.6 is 0 Å². The number of aryl methyl sites for hydroxylation is 2. The molecule has 2 fully saturated rings. The minimum absolute atomic E-state index is 0.817. The summed E-state index contributed by atoms with van der Waals surface area (Å²) in [6, 6.07) is 7.66. The fraction of sp³-hybridized carbons (Fsp3) is 0.667. The van der Waals surface area contributed by atoms with Crippen LogP contribution in [0, 0.1) is 19.8 Å². The van der Waals surface area contributed by atoms with E-state index in [9.17, 15) is 0 Å². The van der Waals surface area contributed by atoms with Crippen molar-refractivity contribution >= 4 is 0 Å². The zero-order valence-corrected chi connectivity index (χ0v) is 13.0. The van der Waals surface area contributed by atoms with Gasteiger partial charge in [-0.1, -0.05) is 23.8 Å². The molecule has 0 aliphatic carbocycles. The zero-order valence-electron chi connectivity index (χ0n) is 13.0. The number of benzene rings is 1. The summed E-state index contributed by atoms with van der Waals surface area (Å²) in [5, 5.41) is 3.69. The highest BCUT2D eigenvalue weighted by atomic mass is 15.1. The van der Waals surface area contributed by atoms with E-state index in [1.165, 1.54) is 62.0 Å². The topological polar surface area (TPSA) is 15.3 Å². The van der Waals surface area contributed by atoms with Gasteiger partial charge in [0.2, 0.25) is 0 Å². The molecular formula is C18H28N2. The van der Waals surface area contributed by atoms with Gasteiger partial charge in [0, 0.05) is 12.6 Å². The molecule has 20 heavy (non-hydrogen) atoms. The van der Waals surface area contributed by atoms with E-state index in [0.717, 1.165) is 18.5 Å². The van der Waals surface area contributed by atoms with Gasteiger partial charge >= 0.3 is 0 Å². The average Bonchev–Trinajstić information content (AvgIpc) is 2.98. The van der Waals surface area contributed by atoms with E-state index in [2.05, 4.69) is 42.3 Å². The number of rotatable bonds is 3. The minimum atomic E-state index is 0.817. The van der Waals surface area contributed by atoms with E-state index < -0.39 is 0 Å². The van der Waals surface area contributed by atoms with Crippen molar-refractivity contribution in [2.45, 2.75) is 52.1 Å². The van der Waals surface area contributed by atoms with Gasteiger partial charge in [0.1, 0.15) is 0 Å². The summed E-state index contributed by atoms with van der Waals surface area (Å²) in [5.41, 5.74) is 4.34. The van der Waals surface area contributed by atoms with Crippen LogP contribution in [0.15, 0.2) is 18.2 Å². The first kappa shape index (κ1) is 14.1. The predicted octanol–water partition coefficient (Wildman–Crippen LogP) is 3.27. The first-order chi connectivity index (χ1) is 9.72. The van der Waals surface area contributed by atoms with Crippen LogP contribution in [0.1, 0.15) is 42.4 Å². The van der Waals surface area contributed by atoms with Crippen LogP contribution in [0.5, 0.6) is 0 Å². The third-order valence-corrected chi connectivity index (χ3v) is 5.20. The van der Waals surface area contributed by atoms with Crippen molar-refractivity contribution in [1.29, 1.82) is 0 Å². The highest BCUT2D eigenvalue weighted by molar-refractivity contribution is 5.30. The van der Waals surface area contributed by atoms with Gasteiger partial charge < -0.3 is 5.32 Å². The Morgan fingerprint density at radius 3 is 2.65 bits per heavy atom. The molecule has 0 bridgehead atoms. The number of likely N-dealkylation sites (tertiary alicyclic amines) is 1. The molecule has 1 aromatic carbocycles. The van der Waals surface area contributed by atoms with Crippen molar-refractivity contribution < 1.29 is 0 Å². The second kappa shape index (κ2) is 6.28. The molecule has 2 saturated heterocycles. The Labute approximate surface area is 123 Å². The van der Waals surface area contributed by atoms with Crippen LogP contribution in [-0.4, -0.2) is 30.6 Å². The minimum Gasteiger partial charge on any atom is -0.314 e. The Balaban J connectivity index is 1.54. The van der Waals surface area contributed by atoms with E-state index in [-0.39, 0.29) is 0 Å². The molecule has 110 valence electrons. The molecular weight excluding hydrogens is 244 g/mol. The Morgan fingerprint density at radius 2 is 1.95 bits per heavy atom. The lowest BCUT2D eigenvalue weighted by Crippen LogP contribution is -2.40. The SMILES string of the molecule is Cc1ccc(C)c(CN2CCC(C3CCCN3)CC2)c1. The number of hydrogen-bond acceptors (Lipinski definition) is 2. The van der Waals surface area contributed by atoms with Crippen LogP contribution in [-0.2, 0) is 6.54 Å². The Morgan fingerprint density at radius 1 is 1.15 bits per heavy atom. The lowest BCUT2D eigenvalue weighted by atomic mass is 9.88. The molecule has 2 nitrogen and oxygen atoms in total. The van der Waals surface area contributed by atoms with Crippen molar-refractivity contribution in [3.05, 3.63) is 34.9 Å². The summed E-state index contributed by atoms with van der Waals surface area (Å²) >= 11 is 0. The molecule has 1 aromatic rings. The Bertz CT molecular complexity index is 441. The fourth-order valence-electron chi connectivity index (χ4n) is 3.84. The van der Waals surface area contributed by atoms with Crippen molar-refractivity contribution in [3.63, 3.8) is 0 Å². The molecule has 3 rings (SSSR count). The molecule has 2 heteroatoms. The van der Waals surface area contributed by atoms with Gasteiger partial charge in [-0.2, -0.15) is 0 Å². The van der Waals surface area contributed by atoms with Crippen molar-refractivity contribution in [3.8, 4) is 0 Å². The normalized spacial score (nSPS) is 25.2. The van der Waals surface area contributed by atoms with E-state index >= 15 is 0 Å². The molecule has 0 saturated carbocycles. The number of nitrogens with one attached hydrogen (secondary N) is 1. The van der Waals surface area contributed by atoms with Gasteiger partial charge in [-0.3, -0.25) is 4.90 Å². The summed E-state index contributed by atoms with van der Waals surface area (Å²) in [6.07, 6.45) is 5.54. The lowest BCUT2D eigenvalue weighted by Gasteiger charge is -2.35. The van der Waals surface area contributed by atoms with Gasteiger partial charge in [-0.25, -0.2) is 0 Å². The number of piperidine rings is 1. The quantitative estimate of drug-likeness (QED) is 0.908. The summed E-state index contributed by atoms with van der Waals surface area (Å²) in [5.74, 6) is 0.923. The number of hydrogen-bond donors (Lipinski definition) is 1. The van der Waals surface area contributed by atoms with E-state index in [0.29, 0.717) is 0 Å². The maximum Gasteiger partial charge on any atom is 0.0236 e. The molecule has 1 unspecified atom stereocenters. The lowest BCUT2D eigenvalue weighted by molar-refractivity contribution is 0.157. The van der Waals surface area contributed by atoms with Crippen LogP contribution in [0.25, 0.3) is 0 Å². The maximum atomic E-state index is 3.69. The van der Waals surface area contributed by atoms with Gasteiger partial charge in [-0.05, 0) is 76.2 Å². The summed E-state index contributed by atoms with van der Waals surface area (Å²) in [7, 11) is 0. The van der Waals surface area contributed by atoms with Crippen LogP contribution in [0.3, 0.4) is 0 Å². The molecule has 2 aliphatic rings. The smallest absolute Gasteiger partial charge is 0.0236 e. The summed E-state index contributed by atoms with van der Waals surface area (Å²) in [6.45, 7) is 9.36. The first-order valence-corrected chi connectivity index (χ1v) is 8.24. The van der Waals surface area contributed by atoms with Crippen molar-refractivity contribution in [2.24, 2.45) is 5.92 Å². The zero-order chi connectivity index (χ0) is 13.9. The molecule has 0 radical (unpaired) electrons. The standard InChI is InChI=1S/C18H28N2/c1-14-5-6-15(2)17(12-14)13-20-10-7-16(8-11-20)18-4-3-9-19-18/h5-6,12,16,18-19H,3-4,7-11,13H2,1-2H3. The first-order valence-electron chi connectivity index (χ1n) is 8.24.